The summed E-state index contributed by atoms with van der Waals surface area (Å²) in [5.41, 5.74) is 2.62. The molecule has 3 rings (SSSR count). The SMILES string of the molecule is CNC(=O)C1CCCCN1CC(c1ccccc1)c1ccccc1. The monoisotopic (exact) mass is 322 g/mol. The van der Waals surface area contributed by atoms with Crippen LogP contribution < -0.4 is 5.32 Å². The van der Waals surface area contributed by atoms with Crippen molar-refractivity contribution in [1.82, 2.24) is 10.2 Å². The van der Waals surface area contributed by atoms with Crippen LogP contribution in [0.5, 0.6) is 0 Å². The molecule has 1 fully saturated rings. The molecular formula is C21H26N2O. The summed E-state index contributed by atoms with van der Waals surface area (Å²) in [6.45, 7) is 1.88. The van der Waals surface area contributed by atoms with Crippen LogP contribution in [0.1, 0.15) is 36.3 Å². The maximum absolute atomic E-state index is 12.3. The summed E-state index contributed by atoms with van der Waals surface area (Å²) in [6, 6.07) is 21.3. The first-order valence-electron chi connectivity index (χ1n) is 8.85. The van der Waals surface area contributed by atoms with E-state index < -0.39 is 0 Å². The number of rotatable bonds is 5. The minimum atomic E-state index is -0.00123. The van der Waals surface area contributed by atoms with Crippen LogP contribution in [0.15, 0.2) is 60.7 Å². The maximum atomic E-state index is 12.3. The fraction of sp³-hybridized carbons (Fsp3) is 0.381. The van der Waals surface area contributed by atoms with Gasteiger partial charge in [0.05, 0.1) is 6.04 Å². The van der Waals surface area contributed by atoms with Crippen molar-refractivity contribution in [2.24, 2.45) is 0 Å². The summed E-state index contributed by atoms with van der Waals surface area (Å²) in [6.07, 6.45) is 3.26. The van der Waals surface area contributed by atoms with Crippen LogP contribution in [0.2, 0.25) is 0 Å². The first-order chi connectivity index (χ1) is 11.8. The Kier molecular flexibility index (Phi) is 5.65. The predicted molar refractivity (Wildman–Crippen MR) is 98.0 cm³/mol. The van der Waals surface area contributed by atoms with Crippen LogP contribution >= 0.6 is 0 Å². The van der Waals surface area contributed by atoms with Crippen molar-refractivity contribution in [3.63, 3.8) is 0 Å². The molecular weight excluding hydrogens is 296 g/mol. The molecule has 126 valence electrons. The molecule has 0 bridgehead atoms. The summed E-state index contributed by atoms with van der Waals surface area (Å²) in [5, 5.41) is 2.84. The highest BCUT2D eigenvalue weighted by atomic mass is 16.2. The Balaban J connectivity index is 1.87. The lowest BCUT2D eigenvalue weighted by atomic mass is 9.89. The first-order valence-corrected chi connectivity index (χ1v) is 8.85. The molecule has 0 radical (unpaired) electrons. The van der Waals surface area contributed by atoms with E-state index >= 15 is 0 Å². The Morgan fingerprint density at radius 1 is 1.04 bits per heavy atom. The standard InChI is InChI=1S/C21H26N2O/c1-22-21(24)20-14-8-9-15-23(20)16-19(17-10-4-2-5-11-17)18-12-6-3-7-13-18/h2-7,10-13,19-20H,8-9,14-16H2,1H3,(H,22,24). The number of carbonyl (C=O) groups excluding carboxylic acids is 1. The quantitative estimate of drug-likeness (QED) is 0.915. The molecule has 1 unspecified atom stereocenters. The molecule has 1 atom stereocenters. The third kappa shape index (κ3) is 3.85. The largest absolute Gasteiger partial charge is 0.358 e. The maximum Gasteiger partial charge on any atom is 0.237 e. The molecule has 1 N–H and O–H groups in total. The van der Waals surface area contributed by atoms with Gasteiger partial charge in [0.25, 0.3) is 0 Å². The van der Waals surface area contributed by atoms with Crippen LogP contribution in [0.25, 0.3) is 0 Å². The Morgan fingerprint density at radius 2 is 1.62 bits per heavy atom. The lowest BCUT2D eigenvalue weighted by Gasteiger charge is -2.37. The number of piperidine rings is 1. The van der Waals surface area contributed by atoms with Crippen LogP contribution in [0.3, 0.4) is 0 Å². The Hall–Kier alpha value is -2.13. The molecule has 3 nitrogen and oxygen atoms in total. The second-order valence-electron chi connectivity index (χ2n) is 6.49. The zero-order valence-electron chi connectivity index (χ0n) is 14.3. The second-order valence-corrected chi connectivity index (χ2v) is 6.49. The summed E-state index contributed by atoms with van der Waals surface area (Å²) in [7, 11) is 1.74. The van der Waals surface area contributed by atoms with Gasteiger partial charge in [0.15, 0.2) is 0 Å². The van der Waals surface area contributed by atoms with Gasteiger partial charge in [0, 0.05) is 19.5 Å². The van der Waals surface area contributed by atoms with Gasteiger partial charge in [-0.1, -0.05) is 67.1 Å². The normalized spacial score (nSPS) is 18.5. The van der Waals surface area contributed by atoms with E-state index in [1.54, 1.807) is 7.05 Å². The van der Waals surface area contributed by atoms with Crippen molar-refractivity contribution >= 4 is 5.91 Å². The number of likely N-dealkylation sites (N-methyl/N-ethyl adjacent to an activating group) is 1. The molecule has 0 spiro atoms. The summed E-state index contributed by atoms with van der Waals surface area (Å²) < 4.78 is 0. The number of amides is 1. The molecule has 1 heterocycles. The third-order valence-corrected chi connectivity index (χ3v) is 4.98. The summed E-state index contributed by atoms with van der Waals surface area (Å²) >= 11 is 0. The summed E-state index contributed by atoms with van der Waals surface area (Å²) in [5.74, 6) is 0.437. The molecule has 3 heteroatoms. The Morgan fingerprint density at radius 3 is 2.17 bits per heavy atom. The number of hydrogen-bond donors (Lipinski definition) is 1. The Labute approximate surface area is 144 Å². The van der Waals surface area contributed by atoms with Crippen molar-refractivity contribution in [3.05, 3.63) is 71.8 Å². The fourth-order valence-corrected chi connectivity index (χ4v) is 3.68. The van der Waals surface area contributed by atoms with Crippen LogP contribution in [-0.2, 0) is 4.79 Å². The van der Waals surface area contributed by atoms with E-state index in [1.165, 1.54) is 17.5 Å². The molecule has 24 heavy (non-hydrogen) atoms. The van der Waals surface area contributed by atoms with Gasteiger partial charge in [-0.05, 0) is 30.5 Å². The van der Waals surface area contributed by atoms with Gasteiger partial charge in [0.2, 0.25) is 5.91 Å². The average molecular weight is 322 g/mol. The number of carbonyl (C=O) groups is 1. The number of nitrogens with one attached hydrogen (secondary N) is 1. The van der Waals surface area contributed by atoms with Gasteiger partial charge in [-0.3, -0.25) is 9.69 Å². The lowest BCUT2D eigenvalue weighted by Crippen LogP contribution is -2.50. The second kappa shape index (κ2) is 8.11. The number of likely N-dealkylation sites (tertiary alicyclic amines) is 1. The zero-order valence-corrected chi connectivity index (χ0v) is 14.3. The molecule has 1 aliphatic rings. The van der Waals surface area contributed by atoms with Crippen LogP contribution in [-0.4, -0.2) is 37.0 Å². The van der Waals surface area contributed by atoms with E-state index in [1.807, 2.05) is 0 Å². The van der Waals surface area contributed by atoms with Crippen molar-refractivity contribution in [2.75, 3.05) is 20.1 Å². The third-order valence-electron chi connectivity index (χ3n) is 4.98. The first kappa shape index (κ1) is 16.7. The fourth-order valence-electron chi connectivity index (χ4n) is 3.68. The summed E-state index contributed by atoms with van der Waals surface area (Å²) in [4.78, 5) is 14.6. The van der Waals surface area contributed by atoms with Gasteiger partial charge in [-0.15, -0.1) is 0 Å². The van der Waals surface area contributed by atoms with E-state index in [0.717, 1.165) is 25.9 Å². The average Bonchev–Trinajstić information content (AvgIpc) is 2.67. The van der Waals surface area contributed by atoms with Crippen LogP contribution in [0, 0.1) is 0 Å². The van der Waals surface area contributed by atoms with Gasteiger partial charge in [-0.2, -0.15) is 0 Å². The number of hydrogen-bond acceptors (Lipinski definition) is 2. The molecule has 2 aromatic carbocycles. The van der Waals surface area contributed by atoms with Gasteiger partial charge in [0.1, 0.15) is 0 Å². The molecule has 2 aromatic rings. The smallest absolute Gasteiger partial charge is 0.237 e. The van der Waals surface area contributed by atoms with E-state index in [4.69, 9.17) is 0 Å². The molecule has 0 aromatic heterocycles. The van der Waals surface area contributed by atoms with Crippen molar-refractivity contribution < 1.29 is 4.79 Å². The van der Waals surface area contributed by atoms with E-state index in [-0.39, 0.29) is 17.9 Å². The van der Waals surface area contributed by atoms with Crippen molar-refractivity contribution in [2.45, 2.75) is 31.2 Å². The minimum Gasteiger partial charge on any atom is -0.358 e. The molecule has 0 saturated carbocycles. The lowest BCUT2D eigenvalue weighted by molar-refractivity contribution is -0.127. The topological polar surface area (TPSA) is 32.3 Å². The number of benzene rings is 2. The van der Waals surface area contributed by atoms with Gasteiger partial charge >= 0.3 is 0 Å². The highest BCUT2D eigenvalue weighted by molar-refractivity contribution is 5.81. The molecule has 1 aliphatic heterocycles. The van der Waals surface area contributed by atoms with E-state index in [2.05, 4.69) is 70.9 Å². The van der Waals surface area contributed by atoms with Crippen molar-refractivity contribution in [1.29, 1.82) is 0 Å². The predicted octanol–water partition coefficient (Wildman–Crippen LogP) is 3.42. The number of nitrogens with zero attached hydrogens (tertiary/aromatic N) is 1. The minimum absolute atomic E-state index is 0.00123. The van der Waals surface area contributed by atoms with Crippen molar-refractivity contribution in [3.8, 4) is 0 Å². The van der Waals surface area contributed by atoms with E-state index in [0.29, 0.717) is 0 Å². The van der Waals surface area contributed by atoms with Crippen LogP contribution in [0.4, 0.5) is 0 Å². The molecule has 1 saturated heterocycles. The Bertz CT molecular complexity index is 602. The molecule has 0 aliphatic carbocycles. The van der Waals surface area contributed by atoms with Gasteiger partial charge < -0.3 is 5.32 Å². The van der Waals surface area contributed by atoms with E-state index in [9.17, 15) is 4.79 Å². The zero-order chi connectivity index (χ0) is 16.8. The highest BCUT2D eigenvalue weighted by Crippen LogP contribution is 2.28. The molecule has 1 amide bonds. The van der Waals surface area contributed by atoms with Gasteiger partial charge in [-0.25, -0.2) is 0 Å². The highest BCUT2D eigenvalue weighted by Gasteiger charge is 2.30.